The Hall–Kier alpha value is -3.78. The maximum Gasteiger partial charge on any atom is 0.289 e. The van der Waals surface area contributed by atoms with E-state index in [4.69, 9.17) is 9.40 Å². The predicted octanol–water partition coefficient (Wildman–Crippen LogP) is 3.99. The fraction of sp³-hybridized carbons (Fsp3) is 0.167. The SMILES string of the molecule is O=C(c1ccncc1)c1sc(N2CCN(C(=O)c3ccco3)CC2)nc1-c1ccccc1. The molecule has 8 heteroatoms. The Morgan fingerprint density at radius 1 is 0.906 bits per heavy atom. The minimum Gasteiger partial charge on any atom is -0.459 e. The van der Waals surface area contributed by atoms with Crippen LogP contribution in [-0.4, -0.2) is 52.7 Å². The molecule has 1 fully saturated rings. The van der Waals surface area contributed by atoms with Crippen molar-refractivity contribution in [3.8, 4) is 11.3 Å². The highest BCUT2D eigenvalue weighted by Crippen LogP contribution is 2.35. The van der Waals surface area contributed by atoms with E-state index in [1.54, 1.807) is 41.6 Å². The number of pyridine rings is 1. The molecule has 1 aliphatic heterocycles. The molecular weight excluding hydrogens is 424 g/mol. The van der Waals surface area contributed by atoms with Gasteiger partial charge in [0.1, 0.15) is 4.88 Å². The molecule has 1 saturated heterocycles. The van der Waals surface area contributed by atoms with E-state index in [1.807, 2.05) is 30.3 Å². The summed E-state index contributed by atoms with van der Waals surface area (Å²) in [5, 5.41) is 0.784. The van der Waals surface area contributed by atoms with Crippen molar-refractivity contribution in [2.24, 2.45) is 0 Å². The molecule has 0 spiro atoms. The summed E-state index contributed by atoms with van der Waals surface area (Å²) in [6.07, 6.45) is 4.74. The lowest BCUT2D eigenvalue weighted by molar-refractivity contribution is 0.0714. The van der Waals surface area contributed by atoms with Gasteiger partial charge in [0, 0.05) is 49.7 Å². The number of carbonyl (C=O) groups is 2. The molecule has 1 amide bonds. The summed E-state index contributed by atoms with van der Waals surface area (Å²) in [6.45, 7) is 2.40. The van der Waals surface area contributed by atoms with Crippen LogP contribution < -0.4 is 4.90 Å². The smallest absolute Gasteiger partial charge is 0.289 e. The second kappa shape index (κ2) is 8.76. The molecule has 0 radical (unpaired) electrons. The van der Waals surface area contributed by atoms with Crippen LogP contribution in [0.4, 0.5) is 5.13 Å². The molecule has 1 aromatic carbocycles. The second-order valence-corrected chi connectivity index (χ2v) is 8.34. The third-order valence-electron chi connectivity index (χ3n) is 5.38. The summed E-state index contributed by atoms with van der Waals surface area (Å²) in [5.74, 6) is 0.179. The van der Waals surface area contributed by atoms with Gasteiger partial charge in [-0.15, -0.1) is 0 Å². The van der Waals surface area contributed by atoms with Crippen molar-refractivity contribution >= 4 is 28.2 Å². The zero-order valence-electron chi connectivity index (χ0n) is 17.2. The van der Waals surface area contributed by atoms with Crippen LogP contribution in [-0.2, 0) is 0 Å². The first-order valence-corrected chi connectivity index (χ1v) is 11.1. The largest absolute Gasteiger partial charge is 0.459 e. The Labute approximate surface area is 189 Å². The number of amides is 1. The standard InChI is InChI=1S/C24H20N4O3S/c29-21(18-8-10-25-11-9-18)22-20(17-5-2-1-3-6-17)26-24(32-22)28-14-12-27(13-15-28)23(30)19-7-4-16-31-19/h1-11,16H,12-15H2. The van der Waals surface area contributed by atoms with Gasteiger partial charge in [-0.1, -0.05) is 41.7 Å². The maximum atomic E-state index is 13.3. The summed E-state index contributed by atoms with van der Waals surface area (Å²) in [6, 6.07) is 16.6. The van der Waals surface area contributed by atoms with Crippen LogP contribution in [0.2, 0.25) is 0 Å². The van der Waals surface area contributed by atoms with Gasteiger partial charge in [0.2, 0.25) is 5.78 Å². The first kappa shape index (κ1) is 20.1. The highest BCUT2D eigenvalue weighted by atomic mass is 32.1. The molecule has 0 aliphatic carbocycles. The van der Waals surface area contributed by atoms with Crippen LogP contribution in [0.3, 0.4) is 0 Å². The Balaban J connectivity index is 1.41. The number of ketones is 1. The first-order valence-electron chi connectivity index (χ1n) is 10.3. The van der Waals surface area contributed by atoms with Crippen molar-refractivity contribution in [2.75, 3.05) is 31.1 Å². The second-order valence-electron chi connectivity index (χ2n) is 7.36. The topological polar surface area (TPSA) is 79.5 Å². The van der Waals surface area contributed by atoms with Gasteiger partial charge in [0.05, 0.1) is 12.0 Å². The Kier molecular flexibility index (Phi) is 5.51. The van der Waals surface area contributed by atoms with Crippen LogP contribution in [0.15, 0.2) is 77.7 Å². The Morgan fingerprint density at radius 2 is 1.66 bits per heavy atom. The number of thiazole rings is 1. The van der Waals surface area contributed by atoms with Crippen molar-refractivity contribution in [1.29, 1.82) is 0 Å². The summed E-state index contributed by atoms with van der Waals surface area (Å²) in [5.41, 5.74) is 2.17. The van der Waals surface area contributed by atoms with Gasteiger partial charge >= 0.3 is 0 Å². The van der Waals surface area contributed by atoms with Gasteiger partial charge < -0.3 is 14.2 Å². The molecule has 7 nitrogen and oxygen atoms in total. The highest BCUT2D eigenvalue weighted by molar-refractivity contribution is 7.18. The minimum atomic E-state index is -0.104. The van der Waals surface area contributed by atoms with Gasteiger partial charge in [0.15, 0.2) is 10.9 Å². The van der Waals surface area contributed by atoms with E-state index in [-0.39, 0.29) is 11.7 Å². The Bertz CT molecular complexity index is 1210. The average Bonchev–Trinajstić information content (AvgIpc) is 3.55. The number of nitrogens with zero attached hydrogens (tertiary/aromatic N) is 4. The number of furan rings is 1. The molecule has 1 aliphatic rings. The van der Waals surface area contributed by atoms with Gasteiger partial charge in [0.25, 0.3) is 5.91 Å². The quantitative estimate of drug-likeness (QED) is 0.433. The minimum absolute atomic E-state index is 0.0679. The number of piperazine rings is 1. The van der Waals surface area contributed by atoms with E-state index >= 15 is 0 Å². The van der Waals surface area contributed by atoms with Crippen LogP contribution in [0.1, 0.15) is 25.8 Å². The highest BCUT2D eigenvalue weighted by Gasteiger charge is 2.28. The van der Waals surface area contributed by atoms with Crippen LogP contribution in [0.5, 0.6) is 0 Å². The molecule has 32 heavy (non-hydrogen) atoms. The van der Waals surface area contributed by atoms with E-state index in [9.17, 15) is 9.59 Å². The van der Waals surface area contributed by atoms with Crippen LogP contribution in [0.25, 0.3) is 11.3 Å². The van der Waals surface area contributed by atoms with E-state index in [1.165, 1.54) is 17.6 Å². The van der Waals surface area contributed by atoms with Crippen LogP contribution in [0, 0.1) is 0 Å². The lowest BCUT2D eigenvalue weighted by Gasteiger charge is -2.34. The third kappa shape index (κ3) is 3.92. The Morgan fingerprint density at radius 3 is 2.34 bits per heavy atom. The number of benzene rings is 1. The molecule has 0 N–H and O–H groups in total. The van der Waals surface area contributed by atoms with Crippen LogP contribution >= 0.6 is 11.3 Å². The normalized spacial score (nSPS) is 13.9. The van der Waals surface area contributed by atoms with Crippen molar-refractivity contribution in [1.82, 2.24) is 14.9 Å². The molecule has 0 saturated carbocycles. The van der Waals surface area contributed by atoms with Crippen molar-refractivity contribution < 1.29 is 14.0 Å². The molecule has 5 rings (SSSR count). The zero-order chi connectivity index (χ0) is 21.9. The lowest BCUT2D eigenvalue weighted by atomic mass is 10.1. The average molecular weight is 445 g/mol. The zero-order valence-corrected chi connectivity index (χ0v) is 18.0. The number of rotatable bonds is 5. The van der Waals surface area contributed by atoms with Gasteiger partial charge in [-0.2, -0.15) is 0 Å². The fourth-order valence-electron chi connectivity index (χ4n) is 3.68. The molecule has 0 unspecified atom stereocenters. The number of hydrogen-bond acceptors (Lipinski definition) is 7. The number of carbonyl (C=O) groups excluding carboxylic acids is 2. The molecule has 4 aromatic rings. The van der Waals surface area contributed by atoms with Gasteiger partial charge in [-0.25, -0.2) is 4.98 Å². The number of aromatic nitrogens is 2. The number of anilines is 1. The third-order valence-corrected chi connectivity index (χ3v) is 6.50. The predicted molar refractivity (Wildman–Crippen MR) is 122 cm³/mol. The van der Waals surface area contributed by atoms with E-state index in [2.05, 4.69) is 9.88 Å². The maximum absolute atomic E-state index is 13.3. The van der Waals surface area contributed by atoms with E-state index in [0.29, 0.717) is 48.1 Å². The molecule has 3 aromatic heterocycles. The summed E-state index contributed by atoms with van der Waals surface area (Å²) < 4.78 is 5.24. The summed E-state index contributed by atoms with van der Waals surface area (Å²) in [7, 11) is 0. The lowest BCUT2D eigenvalue weighted by Crippen LogP contribution is -2.48. The molecule has 4 heterocycles. The van der Waals surface area contributed by atoms with Gasteiger partial charge in [-0.3, -0.25) is 14.6 Å². The van der Waals surface area contributed by atoms with E-state index in [0.717, 1.165) is 10.7 Å². The van der Waals surface area contributed by atoms with E-state index < -0.39 is 0 Å². The first-order chi connectivity index (χ1) is 15.7. The monoisotopic (exact) mass is 444 g/mol. The fourth-order valence-corrected chi connectivity index (χ4v) is 4.78. The van der Waals surface area contributed by atoms with Crippen molar-refractivity contribution in [3.05, 3.63) is 89.5 Å². The summed E-state index contributed by atoms with van der Waals surface area (Å²) in [4.78, 5) is 39.2. The molecule has 0 atom stereocenters. The summed E-state index contributed by atoms with van der Waals surface area (Å²) >= 11 is 1.39. The molecule has 0 bridgehead atoms. The van der Waals surface area contributed by atoms with Gasteiger partial charge in [-0.05, 0) is 24.3 Å². The molecule has 160 valence electrons. The molecular formula is C24H20N4O3S. The van der Waals surface area contributed by atoms with Crippen molar-refractivity contribution in [2.45, 2.75) is 0 Å². The van der Waals surface area contributed by atoms with Crippen molar-refractivity contribution in [3.63, 3.8) is 0 Å². The number of hydrogen-bond donors (Lipinski definition) is 0.